The van der Waals surface area contributed by atoms with Gasteiger partial charge in [-0.15, -0.1) is 0 Å². The van der Waals surface area contributed by atoms with Crippen molar-refractivity contribution in [3.05, 3.63) is 0 Å². The van der Waals surface area contributed by atoms with Gasteiger partial charge in [0.1, 0.15) is 0 Å². The zero-order chi connectivity index (χ0) is 15.1. The fraction of sp³-hybridized carbons (Fsp3) is 0.800. The van der Waals surface area contributed by atoms with E-state index in [1.54, 1.807) is 11.8 Å². The highest BCUT2D eigenvalue weighted by atomic mass is 32.2. The van der Waals surface area contributed by atoms with Gasteiger partial charge in [0, 0.05) is 11.8 Å². The highest BCUT2D eigenvalue weighted by Gasteiger charge is 2.21. The molecule has 5 nitrogen and oxygen atoms in total. The average Bonchev–Trinajstić information content (AvgIpc) is 2.45. The van der Waals surface area contributed by atoms with E-state index in [2.05, 4.69) is 34.1 Å². The molecule has 1 fully saturated rings. The van der Waals surface area contributed by atoms with Crippen LogP contribution in [0.4, 0.5) is 5.95 Å². The molecule has 1 heterocycles. The van der Waals surface area contributed by atoms with E-state index in [-0.39, 0.29) is 0 Å². The van der Waals surface area contributed by atoms with Crippen molar-refractivity contribution in [1.82, 2.24) is 15.0 Å². The molecule has 1 aliphatic rings. The number of aromatic nitrogens is 3. The van der Waals surface area contributed by atoms with Gasteiger partial charge in [0.15, 0.2) is 5.16 Å². The second kappa shape index (κ2) is 8.41. The first-order valence-electron chi connectivity index (χ1n) is 8.00. The van der Waals surface area contributed by atoms with Crippen LogP contribution >= 0.6 is 11.8 Å². The highest BCUT2D eigenvalue weighted by molar-refractivity contribution is 7.99. The van der Waals surface area contributed by atoms with Crippen molar-refractivity contribution in [2.45, 2.75) is 63.3 Å². The maximum Gasteiger partial charge on any atom is 0.322 e. The fourth-order valence-electron chi connectivity index (χ4n) is 2.52. The van der Waals surface area contributed by atoms with Crippen molar-refractivity contribution in [2.75, 3.05) is 18.5 Å². The van der Waals surface area contributed by atoms with Crippen LogP contribution in [0.1, 0.15) is 52.9 Å². The van der Waals surface area contributed by atoms with Crippen molar-refractivity contribution in [1.29, 1.82) is 0 Å². The molecule has 0 amide bonds. The van der Waals surface area contributed by atoms with Crippen LogP contribution in [0.15, 0.2) is 5.16 Å². The number of nitrogens with zero attached hydrogens (tertiary/aromatic N) is 3. The van der Waals surface area contributed by atoms with Crippen molar-refractivity contribution in [3.63, 3.8) is 0 Å². The molecule has 21 heavy (non-hydrogen) atoms. The molecule has 0 aliphatic heterocycles. The van der Waals surface area contributed by atoms with E-state index in [9.17, 15) is 0 Å². The summed E-state index contributed by atoms with van der Waals surface area (Å²) >= 11 is 1.77. The summed E-state index contributed by atoms with van der Waals surface area (Å²) in [5.74, 6) is 1.42. The van der Waals surface area contributed by atoms with Crippen LogP contribution in [0, 0.1) is 5.92 Å². The molecule has 118 valence electrons. The summed E-state index contributed by atoms with van der Waals surface area (Å²) in [6.07, 6.45) is 6.11. The Balaban J connectivity index is 2.06. The topological polar surface area (TPSA) is 59.9 Å². The zero-order valence-electron chi connectivity index (χ0n) is 13.3. The molecule has 1 aliphatic carbocycles. The Bertz CT molecular complexity index is 444. The predicted molar refractivity (Wildman–Crippen MR) is 87.1 cm³/mol. The fourth-order valence-corrected chi connectivity index (χ4v) is 3.80. The number of hydrogen-bond acceptors (Lipinski definition) is 6. The van der Waals surface area contributed by atoms with E-state index in [1.807, 2.05) is 6.92 Å². The molecule has 1 aromatic rings. The van der Waals surface area contributed by atoms with E-state index in [1.165, 1.54) is 25.7 Å². The number of thioether (sulfide) groups is 1. The van der Waals surface area contributed by atoms with E-state index < -0.39 is 0 Å². The summed E-state index contributed by atoms with van der Waals surface area (Å²) in [5.41, 5.74) is 0. The second-order valence-electron chi connectivity index (χ2n) is 5.61. The quantitative estimate of drug-likeness (QED) is 0.827. The van der Waals surface area contributed by atoms with E-state index >= 15 is 0 Å². The Morgan fingerprint density at radius 1 is 1.24 bits per heavy atom. The largest absolute Gasteiger partial charge is 0.463 e. The lowest BCUT2D eigenvalue weighted by atomic mass is 9.91. The molecular formula is C15H26N4OS. The van der Waals surface area contributed by atoms with E-state index in [4.69, 9.17) is 4.74 Å². The molecule has 6 heteroatoms. The standard InChI is InChI=1S/C15H26N4OS/c1-4-9-20-14-17-13(16-5-2)18-15(19-14)21-12-8-6-7-11(3)10-12/h11-12H,4-10H2,1-3H3,(H,16,17,18,19). The number of nitrogens with one attached hydrogen (secondary N) is 1. The van der Waals surface area contributed by atoms with Gasteiger partial charge >= 0.3 is 6.01 Å². The number of ether oxygens (including phenoxy) is 1. The zero-order valence-corrected chi connectivity index (χ0v) is 14.1. The summed E-state index contributed by atoms with van der Waals surface area (Å²) in [6, 6.07) is 0.439. The molecular weight excluding hydrogens is 284 g/mol. The first-order valence-corrected chi connectivity index (χ1v) is 8.88. The van der Waals surface area contributed by atoms with Crippen LogP contribution in [-0.2, 0) is 0 Å². The van der Waals surface area contributed by atoms with Crippen molar-refractivity contribution in [2.24, 2.45) is 5.92 Å². The number of hydrogen-bond donors (Lipinski definition) is 1. The van der Waals surface area contributed by atoms with Crippen LogP contribution in [-0.4, -0.2) is 33.4 Å². The third-order valence-corrected chi connectivity index (χ3v) is 4.68. The van der Waals surface area contributed by atoms with Gasteiger partial charge in [0.2, 0.25) is 5.95 Å². The predicted octanol–water partition coefficient (Wildman–Crippen LogP) is 3.76. The van der Waals surface area contributed by atoms with E-state index in [0.717, 1.165) is 24.0 Å². The smallest absolute Gasteiger partial charge is 0.322 e. The molecule has 2 rings (SSSR count). The number of rotatable bonds is 7. The van der Waals surface area contributed by atoms with Crippen LogP contribution < -0.4 is 10.1 Å². The molecule has 1 saturated carbocycles. The number of anilines is 1. The Morgan fingerprint density at radius 2 is 2.10 bits per heavy atom. The first kappa shape index (κ1) is 16.3. The van der Waals surface area contributed by atoms with Crippen molar-refractivity contribution in [3.8, 4) is 6.01 Å². The summed E-state index contributed by atoms with van der Waals surface area (Å²) < 4.78 is 5.58. The highest BCUT2D eigenvalue weighted by Crippen LogP contribution is 2.35. The van der Waals surface area contributed by atoms with E-state index in [0.29, 0.717) is 23.8 Å². The lowest BCUT2D eigenvalue weighted by Crippen LogP contribution is -2.16. The lowest BCUT2D eigenvalue weighted by molar-refractivity contribution is 0.288. The van der Waals surface area contributed by atoms with Crippen molar-refractivity contribution >= 4 is 17.7 Å². The molecule has 2 atom stereocenters. The van der Waals surface area contributed by atoms with Gasteiger partial charge in [-0.1, -0.05) is 38.5 Å². The molecule has 1 aromatic heterocycles. The van der Waals surface area contributed by atoms with Gasteiger partial charge in [-0.3, -0.25) is 0 Å². The SMILES string of the molecule is CCCOc1nc(NCC)nc(SC2CCCC(C)C2)n1. The first-order chi connectivity index (χ1) is 10.2. The average molecular weight is 310 g/mol. The lowest BCUT2D eigenvalue weighted by Gasteiger charge is -2.25. The monoisotopic (exact) mass is 310 g/mol. The minimum atomic E-state index is 0.439. The Morgan fingerprint density at radius 3 is 2.81 bits per heavy atom. The van der Waals surface area contributed by atoms with Crippen LogP contribution in [0.5, 0.6) is 6.01 Å². The van der Waals surface area contributed by atoms with Gasteiger partial charge < -0.3 is 10.1 Å². The molecule has 0 bridgehead atoms. The third kappa shape index (κ3) is 5.34. The minimum absolute atomic E-state index is 0.439. The summed E-state index contributed by atoms with van der Waals surface area (Å²) in [7, 11) is 0. The molecule has 2 unspecified atom stereocenters. The Kier molecular flexibility index (Phi) is 6.54. The Labute approximate surface area is 131 Å². The second-order valence-corrected chi connectivity index (χ2v) is 6.88. The van der Waals surface area contributed by atoms with Gasteiger partial charge in [0.25, 0.3) is 0 Å². The van der Waals surface area contributed by atoms with Crippen molar-refractivity contribution < 1.29 is 4.74 Å². The molecule has 0 spiro atoms. The van der Waals surface area contributed by atoms with Gasteiger partial charge in [-0.05, 0) is 32.1 Å². The van der Waals surface area contributed by atoms with Crippen LogP contribution in [0.25, 0.3) is 0 Å². The summed E-state index contributed by atoms with van der Waals surface area (Å²) in [6.45, 7) is 7.87. The molecule has 0 saturated heterocycles. The third-order valence-electron chi connectivity index (χ3n) is 3.52. The Hall–Kier alpha value is -1.04. The van der Waals surface area contributed by atoms with Gasteiger partial charge in [0.05, 0.1) is 6.61 Å². The maximum atomic E-state index is 5.58. The molecule has 1 N–H and O–H groups in total. The van der Waals surface area contributed by atoms with Gasteiger partial charge in [-0.25, -0.2) is 0 Å². The minimum Gasteiger partial charge on any atom is -0.463 e. The molecule has 0 aromatic carbocycles. The van der Waals surface area contributed by atoms with Crippen LogP contribution in [0.3, 0.4) is 0 Å². The normalized spacial score (nSPS) is 22.0. The summed E-state index contributed by atoms with van der Waals surface area (Å²) in [4.78, 5) is 13.3. The summed E-state index contributed by atoms with van der Waals surface area (Å²) in [5, 5.41) is 4.55. The van der Waals surface area contributed by atoms with Crippen LogP contribution in [0.2, 0.25) is 0 Å². The molecule has 0 radical (unpaired) electrons. The maximum absolute atomic E-state index is 5.58. The van der Waals surface area contributed by atoms with Gasteiger partial charge in [-0.2, -0.15) is 15.0 Å².